The Balaban J connectivity index is 2.01. The van der Waals surface area contributed by atoms with Gasteiger partial charge in [0.1, 0.15) is 0 Å². The van der Waals surface area contributed by atoms with Gasteiger partial charge in [-0.15, -0.1) is 0 Å². The lowest BCUT2D eigenvalue weighted by atomic mass is 9.91. The van der Waals surface area contributed by atoms with Crippen LogP contribution in [0.2, 0.25) is 0 Å². The minimum Gasteiger partial charge on any atom is -0.370 e. The monoisotopic (exact) mass is 352 g/mol. The summed E-state index contributed by atoms with van der Waals surface area (Å²) in [6.45, 7) is 13.6. The van der Waals surface area contributed by atoms with Crippen molar-refractivity contribution in [1.82, 2.24) is 5.32 Å². The fraction of sp³-hybridized carbons (Fsp3) is 0.667. The van der Waals surface area contributed by atoms with Gasteiger partial charge in [-0.1, -0.05) is 33.8 Å². The van der Waals surface area contributed by atoms with Crippen LogP contribution in [-0.4, -0.2) is 19.6 Å². The first kappa shape index (κ1) is 16.8. The van der Waals surface area contributed by atoms with Gasteiger partial charge < -0.3 is 10.2 Å². The zero-order chi connectivity index (χ0) is 15.4. The Bertz CT molecular complexity index is 449. The third-order valence-electron chi connectivity index (χ3n) is 4.10. The smallest absolute Gasteiger partial charge is 0.0511 e. The Morgan fingerprint density at radius 1 is 1.24 bits per heavy atom. The van der Waals surface area contributed by atoms with Gasteiger partial charge in [0.05, 0.1) is 5.69 Å². The molecule has 2 rings (SSSR count). The third kappa shape index (κ3) is 5.00. The highest BCUT2D eigenvalue weighted by atomic mass is 79.9. The van der Waals surface area contributed by atoms with E-state index in [1.54, 1.807) is 0 Å². The first-order valence-corrected chi connectivity index (χ1v) is 8.99. The second-order valence-corrected chi connectivity index (χ2v) is 8.02. The molecule has 3 heteroatoms. The van der Waals surface area contributed by atoms with Crippen LogP contribution in [-0.2, 0) is 6.54 Å². The van der Waals surface area contributed by atoms with Crippen molar-refractivity contribution in [3.8, 4) is 0 Å². The van der Waals surface area contributed by atoms with E-state index in [-0.39, 0.29) is 0 Å². The Labute approximate surface area is 138 Å². The molecule has 0 bridgehead atoms. The van der Waals surface area contributed by atoms with Crippen LogP contribution in [0.5, 0.6) is 0 Å². The standard InChI is InChI=1S/C18H29BrN2/c1-13(2)9-20-10-16-5-6-18(17(19)8-16)21-11-14(3)7-15(4)12-21/h5-6,8,13-15,20H,7,9-12H2,1-4H3. The average Bonchev–Trinajstić information content (AvgIpc) is 2.37. The highest BCUT2D eigenvalue weighted by Crippen LogP contribution is 2.32. The maximum Gasteiger partial charge on any atom is 0.0511 e. The van der Waals surface area contributed by atoms with E-state index in [4.69, 9.17) is 0 Å². The molecule has 1 aromatic carbocycles. The SMILES string of the molecule is CC(C)CNCc1ccc(N2CC(C)CC(C)C2)c(Br)c1. The molecule has 0 aliphatic carbocycles. The number of hydrogen-bond acceptors (Lipinski definition) is 2. The molecule has 1 aliphatic heterocycles. The lowest BCUT2D eigenvalue weighted by Crippen LogP contribution is -2.38. The van der Waals surface area contributed by atoms with Gasteiger partial charge in [-0.3, -0.25) is 0 Å². The summed E-state index contributed by atoms with van der Waals surface area (Å²) in [5.74, 6) is 2.27. The molecule has 0 aromatic heterocycles. The molecule has 2 atom stereocenters. The average molecular weight is 353 g/mol. The summed E-state index contributed by atoms with van der Waals surface area (Å²) in [5, 5.41) is 3.51. The highest BCUT2D eigenvalue weighted by Gasteiger charge is 2.23. The first-order chi connectivity index (χ1) is 9.95. The second kappa shape index (κ2) is 7.64. The topological polar surface area (TPSA) is 15.3 Å². The molecule has 1 heterocycles. The Morgan fingerprint density at radius 2 is 1.90 bits per heavy atom. The first-order valence-electron chi connectivity index (χ1n) is 8.19. The molecule has 1 N–H and O–H groups in total. The lowest BCUT2D eigenvalue weighted by Gasteiger charge is -2.37. The number of hydrogen-bond donors (Lipinski definition) is 1. The van der Waals surface area contributed by atoms with Gasteiger partial charge in [-0.05, 0) is 64.3 Å². The summed E-state index contributed by atoms with van der Waals surface area (Å²) in [7, 11) is 0. The molecule has 0 spiro atoms. The molecule has 1 fully saturated rings. The number of rotatable bonds is 5. The molecule has 2 unspecified atom stereocenters. The number of nitrogens with one attached hydrogen (secondary N) is 1. The fourth-order valence-corrected chi connectivity index (χ4v) is 3.96. The summed E-state index contributed by atoms with van der Waals surface area (Å²) < 4.78 is 1.23. The summed E-state index contributed by atoms with van der Waals surface area (Å²) in [4.78, 5) is 2.54. The van der Waals surface area contributed by atoms with Crippen molar-refractivity contribution >= 4 is 21.6 Å². The van der Waals surface area contributed by atoms with E-state index >= 15 is 0 Å². The van der Waals surface area contributed by atoms with Gasteiger partial charge in [0, 0.05) is 24.1 Å². The van der Waals surface area contributed by atoms with Crippen LogP contribution >= 0.6 is 15.9 Å². The normalized spacial score (nSPS) is 22.9. The summed E-state index contributed by atoms with van der Waals surface area (Å²) >= 11 is 3.77. The molecular weight excluding hydrogens is 324 g/mol. The van der Waals surface area contributed by atoms with E-state index in [0.717, 1.165) is 24.9 Å². The summed E-state index contributed by atoms with van der Waals surface area (Å²) in [6, 6.07) is 6.81. The highest BCUT2D eigenvalue weighted by molar-refractivity contribution is 9.10. The van der Waals surface area contributed by atoms with Gasteiger partial charge in [0.2, 0.25) is 0 Å². The van der Waals surface area contributed by atoms with Gasteiger partial charge in [0.25, 0.3) is 0 Å². The predicted molar refractivity (Wildman–Crippen MR) is 95.8 cm³/mol. The van der Waals surface area contributed by atoms with Crippen molar-refractivity contribution in [3.05, 3.63) is 28.2 Å². The number of piperidine rings is 1. The minimum atomic E-state index is 0.698. The van der Waals surface area contributed by atoms with Crippen molar-refractivity contribution in [2.45, 2.75) is 40.7 Å². The van der Waals surface area contributed by atoms with Crippen molar-refractivity contribution in [1.29, 1.82) is 0 Å². The Morgan fingerprint density at radius 3 is 2.48 bits per heavy atom. The van der Waals surface area contributed by atoms with Crippen LogP contribution in [0.4, 0.5) is 5.69 Å². The van der Waals surface area contributed by atoms with Crippen molar-refractivity contribution in [3.63, 3.8) is 0 Å². The number of nitrogens with zero attached hydrogens (tertiary/aromatic N) is 1. The van der Waals surface area contributed by atoms with Gasteiger partial charge in [-0.2, -0.15) is 0 Å². The summed E-state index contributed by atoms with van der Waals surface area (Å²) in [5.41, 5.74) is 2.70. The Kier molecular flexibility index (Phi) is 6.12. The van der Waals surface area contributed by atoms with E-state index in [0.29, 0.717) is 5.92 Å². The van der Waals surface area contributed by atoms with Crippen molar-refractivity contribution in [2.24, 2.45) is 17.8 Å². The molecule has 1 aliphatic rings. The largest absolute Gasteiger partial charge is 0.370 e. The summed E-state index contributed by atoms with van der Waals surface area (Å²) in [6.07, 6.45) is 1.35. The van der Waals surface area contributed by atoms with Gasteiger partial charge >= 0.3 is 0 Å². The van der Waals surface area contributed by atoms with Crippen molar-refractivity contribution < 1.29 is 0 Å². The number of benzene rings is 1. The molecule has 0 saturated carbocycles. The van der Waals surface area contributed by atoms with Crippen molar-refractivity contribution in [2.75, 3.05) is 24.5 Å². The molecule has 118 valence electrons. The Hall–Kier alpha value is -0.540. The van der Waals surface area contributed by atoms with Crippen LogP contribution < -0.4 is 10.2 Å². The quantitative estimate of drug-likeness (QED) is 0.827. The zero-order valence-corrected chi connectivity index (χ0v) is 15.4. The van der Waals surface area contributed by atoms with Crippen LogP contribution in [0.3, 0.4) is 0 Å². The van der Waals surface area contributed by atoms with Crippen LogP contribution in [0.25, 0.3) is 0 Å². The maximum absolute atomic E-state index is 3.77. The number of halogens is 1. The lowest BCUT2D eigenvalue weighted by molar-refractivity contribution is 0.356. The number of anilines is 1. The van der Waals surface area contributed by atoms with Crippen LogP contribution in [0, 0.1) is 17.8 Å². The van der Waals surface area contributed by atoms with Crippen LogP contribution in [0.1, 0.15) is 39.7 Å². The van der Waals surface area contributed by atoms with E-state index in [9.17, 15) is 0 Å². The molecule has 0 radical (unpaired) electrons. The van der Waals surface area contributed by atoms with Gasteiger partial charge in [0.15, 0.2) is 0 Å². The van der Waals surface area contributed by atoms with E-state index in [2.05, 4.69) is 72.0 Å². The zero-order valence-electron chi connectivity index (χ0n) is 13.8. The predicted octanol–water partition coefficient (Wildman–Crippen LogP) is 4.68. The van der Waals surface area contributed by atoms with Crippen LogP contribution in [0.15, 0.2) is 22.7 Å². The van der Waals surface area contributed by atoms with E-state index < -0.39 is 0 Å². The van der Waals surface area contributed by atoms with E-state index in [1.165, 1.54) is 35.2 Å². The third-order valence-corrected chi connectivity index (χ3v) is 4.74. The molecule has 1 aromatic rings. The van der Waals surface area contributed by atoms with Gasteiger partial charge in [-0.25, -0.2) is 0 Å². The fourth-order valence-electron chi connectivity index (χ4n) is 3.28. The molecule has 21 heavy (non-hydrogen) atoms. The van der Waals surface area contributed by atoms with E-state index in [1.807, 2.05) is 0 Å². The minimum absolute atomic E-state index is 0.698. The molecule has 0 amide bonds. The maximum atomic E-state index is 3.77. The molecule has 1 saturated heterocycles. The molecular formula is C18H29BrN2. The second-order valence-electron chi connectivity index (χ2n) is 7.16. The molecule has 2 nitrogen and oxygen atoms in total.